The molecule has 0 aliphatic heterocycles. The lowest BCUT2D eigenvalue weighted by atomic mass is 9.71. The van der Waals surface area contributed by atoms with E-state index >= 15 is 0 Å². The Morgan fingerprint density at radius 1 is 1.25 bits per heavy atom. The predicted octanol–water partition coefficient (Wildman–Crippen LogP) is 4.72. The van der Waals surface area contributed by atoms with Gasteiger partial charge in [0.15, 0.2) is 0 Å². The summed E-state index contributed by atoms with van der Waals surface area (Å²) in [7, 11) is 2.04. The van der Waals surface area contributed by atoms with E-state index < -0.39 is 0 Å². The Morgan fingerprint density at radius 3 is 2.60 bits per heavy atom. The molecule has 0 bridgehead atoms. The van der Waals surface area contributed by atoms with Gasteiger partial charge in [0, 0.05) is 16.2 Å². The van der Waals surface area contributed by atoms with Crippen molar-refractivity contribution in [1.29, 1.82) is 0 Å². The molecule has 3 unspecified atom stereocenters. The van der Waals surface area contributed by atoms with Crippen LogP contribution in [0, 0.1) is 17.2 Å². The highest BCUT2D eigenvalue weighted by Crippen LogP contribution is 2.43. The Labute approximate surface area is 126 Å². The van der Waals surface area contributed by atoms with E-state index in [-0.39, 0.29) is 5.82 Å². The third-order valence-corrected chi connectivity index (χ3v) is 5.82. The number of thioether (sulfide) groups is 1. The molecule has 0 radical (unpaired) electrons. The lowest BCUT2D eigenvalue weighted by Gasteiger charge is -2.41. The lowest BCUT2D eigenvalue weighted by molar-refractivity contribution is 0.167. The van der Waals surface area contributed by atoms with Gasteiger partial charge in [-0.05, 0) is 55.8 Å². The van der Waals surface area contributed by atoms with Crippen molar-refractivity contribution in [2.24, 2.45) is 11.3 Å². The first-order valence-corrected chi connectivity index (χ1v) is 8.37. The van der Waals surface area contributed by atoms with Gasteiger partial charge in [-0.1, -0.05) is 26.8 Å². The molecule has 0 saturated heterocycles. The fourth-order valence-corrected chi connectivity index (χ4v) is 4.54. The van der Waals surface area contributed by atoms with Crippen LogP contribution in [0.1, 0.15) is 40.0 Å². The molecule has 0 spiro atoms. The summed E-state index contributed by atoms with van der Waals surface area (Å²) >= 11 is 1.83. The number of rotatable bonds is 3. The van der Waals surface area contributed by atoms with Crippen LogP contribution in [0.3, 0.4) is 0 Å². The predicted molar refractivity (Wildman–Crippen MR) is 85.7 cm³/mol. The third-order valence-electron chi connectivity index (χ3n) is 4.47. The molecule has 1 aliphatic carbocycles. The van der Waals surface area contributed by atoms with Crippen molar-refractivity contribution in [1.82, 2.24) is 5.32 Å². The zero-order chi connectivity index (χ0) is 14.8. The van der Waals surface area contributed by atoms with E-state index in [1.165, 1.54) is 25.3 Å². The van der Waals surface area contributed by atoms with Crippen LogP contribution < -0.4 is 5.32 Å². The maximum absolute atomic E-state index is 13.3. The van der Waals surface area contributed by atoms with Gasteiger partial charge in [0.1, 0.15) is 5.82 Å². The van der Waals surface area contributed by atoms with Gasteiger partial charge in [-0.2, -0.15) is 0 Å². The topological polar surface area (TPSA) is 12.0 Å². The Balaban J connectivity index is 2.09. The SMILES string of the molecule is CNC1CCC(C(C)(C)C)CC1Sc1cccc(F)c1. The van der Waals surface area contributed by atoms with Gasteiger partial charge in [-0.15, -0.1) is 11.8 Å². The smallest absolute Gasteiger partial charge is 0.124 e. The van der Waals surface area contributed by atoms with E-state index in [0.29, 0.717) is 16.7 Å². The molecular formula is C17H26FNS. The van der Waals surface area contributed by atoms with Crippen molar-refractivity contribution in [2.45, 2.75) is 56.2 Å². The van der Waals surface area contributed by atoms with Crippen molar-refractivity contribution in [2.75, 3.05) is 7.05 Å². The minimum atomic E-state index is -0.140. The molecule has 1 aromatic carbocycles. The maximum atomic E-state index is 13.3. The molecule has 112 valence electrons. The molecule has 20 heavy (non-hydrogen) atoms. The molecule has 3 atom stereocenters. The fraction of sp³-hybridized carbons (Fsp3) is 0.647. The van der Waals surface area contributed by atoms with Crippen LogP contribution in [0.15, 0.2) is 29.2 Å². The van der Waals surface area contributed by atoms with Crippen LogP contribution in [-0.2, 0) is 0 Å². The first kappa shape index (κ1) is 15.8. The Bertz CT molecular complexity index is 441. The standard InChI is InChI=1S/C17H26FNS/c1-17(2,3)12-8-9-15(19-4)16(10-12)20-14-7-5-6-13(18)11-14/h5-7,11-12,15-16,19H,8-10H2,1-4H3. The first-order chi connectivity index (χ1) is 9.40. The quantitative estimate of drug-likeness (QED) is 0.866. The van der Waals surface area contributed by atoms with Gasteiger partial charge in [0.2, 0.25) is 0 Å². The summed E-state index contributed by atoms with van der Waals surface area (Å²) in [5.74, 6) is 0.609. The molecule has 3 heteroatoms. The molecule has 1 saturated carbocycles. The van der Waals surface area contributed by atoms with Crippen molar-refractivity contribution in [3.63, 3.8) is 0 Å². The van der Waals surface area contributed by atoms with Crippen molar-refractivity contribution < 1.29 is 4.39 Å². The zero-order valence-electron chi connectivity index (χ0n) is 12.9. The monoisotopic (exact) mass is 295 g/mol. The molecule has 1 nitrogen and oxygen atoms in total. The number of nitrogens with one attached hydrogen (secondary N) is 1. The average molecular weight is 295 g/mol. The van der Waals surface area contributed by atoms with Gasteiger partial charge in [-0.25, -0.2) is 4.39 Å². The molecule has 1 fully saturated rings. The van der Waals surface area contributed by atoms with E-state index in [9.17, 15) is 4.39 Å². The van der Waals surface area contributed by atoms with E-state index in [4.69, 9.17) is 0 Å². The molecule has 0 amide bonds. The van der Waals surface area contributed by atoms with Crippen LogP contribution in [0.2, 0.25) is 0 Å². The minimum absolute atomic E-state index is 0.140. The zero-order valence-corrected chi connectivity index (χ0v) is 13.8. The second kappa shape index (κ2) is 6.48. The van der Waals surface area contributed by atoms with Gasteiger partial charge in [0.05, 0.1) is 0 Å². The molecule has 0 heterocycles. The summed E-state index contributed by atoms with van der Waals surface area (Å²) in [6.45, 7) is 7.00. The minimum Gasteiger partial charge on any atom is -0.316 e. The molecule has 0 aromatic heterocycles. The van der Waals surface area contributed by atoms with Crippen molar-refractivity contribution >= 4 is 11.8 Å². The number of halogens is 1. The summed E-state index contributed by atoms with van der Waals surface area (Å²) in [6, 6.07) is 7.51. The maximum Gasteiger partial charge on any atom is 0.124 e. The van der Waals surface area contributed by atoms with Crippen molar-refractivity contribution in [3.8, 4) is 0 Å². The fourth-order valence-electron chi connectivity index (χ4n) is 3.09. The molecular weight excluding hydrogens is 269 g/mol. The highest BCUT2D eigenvalue weighted by molar-refractivity contribution is 8.00. The van der Waals surface area contributed by atoms with E-state index in [2.05, 4.69) is 26.1 Å². The highest BCUT2D eigenvalue weighted by atomic mass is 32.2. The second-order valence-electron chi connectivity index (χ2n) is 6.88. The Morgan fingerprint density at radius 2 is 2.00 bits per heavy atom. The van der Waals surface area contributed by atoms with Crippen molar-refractivity contribution in [3.05, 3.63) is 30.1 Å². The summed E-state index contributed by atoms with van der Waals surface area (Å²) in [5, 5.41) is 3.97. The van der Waals surface area contributed by atoms with E-state index in [1.807, 2.05) is 24.9 Å². The normalized spacial score (nSPS) is 27.6. The van der Waals surface area contributed by atoms with Crippen LogP contribution in [-0.4, -0.2) is 18.3 Å². The summed E-state index contributed by atoms with van der Waals surface area (Å²) in [6.07, 6.45) is 3.71. The number of benzene rings is 1. The second-order valence-corrected chi connectivity index (χ2v) is 8.20. The first-order valence-electron chi connectivity index (χ1n) is 7.49. The van der Waals surface area contributed by atoms with Gasteiger partial charge in [-0.3, -0.25) is 0 Å². The lowest BCUT2D eigenvalue weighted by Crippen LogP contribution is -2.43. The average Bonchev–Trinajstić information content (AvgIpc) is 2.37. The largest absolute Gasteiger partial charge is 0.316 e. The van der Waals surface area contributed by atoms with Gasteiger partial charge in [0.25, 0.3) is 0 Å². The Kier molecular flexibility index (Phi) is 5.14. The number of hydrogen-bond acceptors (Lipinski definition) is 2. The summed E-state index contributed by atoms with van der Waals surface area (Å²) in [4.78, 5) is 1.05. The van der Waals surface area contributed by atoms with Crippen LogP contribution in [0.4, 0.5) is 4.39 Å². The van der Waals surface area contributed by atoms with Crippen LogP contribution in [0.5, 0.6) is 0 Å². The van der Waals surface area contributed by atoms with E-state index in [0.717, 1.165) is 10.8 Å². The molecule has 1 aliphatic rings. The van der Waals surface area contributed by atoms with Gasteiger partial charge >= 0.3 is 0 Å². The Hall–Kier alpha value is -0.540. The van der Waals surface area contributed by atoms with Gasteiger partial charge < -0.3 is 5.32 Å². The summed E-state index contributed by atoms with van der Waals surface area (Å²) < 4.78 is 13.3. The molecule has 1 aromatic rings. The van der Waals surface area contributed by atoms with Crippen LogP contribution >= 0.6 is 11.8 Å². The third kappa shape index (κ3) is 3.98. The molecule has 2 rings (SSSR count). The highest BCUT2D eigenvalue weighted by Gasteiger charge is 2.35. The van der Waals surface area contributed by atoms with Crippen LogP contribution in [0.25, 0.3) is 0 Å². The number of hydrogen-bond donors (Lipinski definition) is 1. The van der Waals surface area contributed by atoms with E-state index in [1.54, 1.807) is 12.1 Å². The summed E-state index contributed by atoms with van der Waals surface area (Å²) in [5.41, 5.74) is 0.361. The molecule has 1 N–H and O–H groups in total.